The van der Waals surface area contributed by atoms with Crippen molar-refractivity contribution in [3.05, 3.63) is 0 Å². The van der Waals surface area contributed by atoms with Crippen LogP contribution in [-0.4, -0.2) is 48.6 Å². The van der Waals surface area contributed by atoms with Gasteiger partial charge >= 0.3 is 0 Å². The summed E-state index contributed by atoms with van der Waals surface area (Å²) in [5.74, 6) is 0. The van der Waals surface area contributed by atoms with Crippen LogP contribution in [0.15, 0.2) is 0 Å². The fourth-order valence-corrected chi connectivity index (χ4v) is 2.14. The van der Waals surface area contributed by atoms with Crippen LogP contribution in [0.4, 0.5) is 0 Å². The first-order valence-electron chi connectivity index (χ1n) is 5.46. The van der Waals surface area contributed by atoms with E-state index in [0.717, 1.165) is 0 Å². The molecular weight excluding hydrogens is 174 g/mol. The number of rotatable bonds is 3. The van der Waals surface area contributed by atoms with Gasteiger partial charge in [-0.1, -0.05) is 0 Å². The van der Waals surface area contributed by atoms with E-state index in [-0.39, 0.29) is 0 Å². The summed E-state index contributed by atoms with van der Waals surface area (Å²) in [4.78, 5) is 4.69. The molecule has 0 aromatic rings. The summed E-state index contributed by atoms with van der Waals surface area (Å²) in [5, 5.41) is 8.77. The Kier molecular flexibility index (Phi) is 4.37. The Morgan fingerprint density at radius 1 is 1.43 bits per heavy atom. The maximum Gasteiger partial charge on any atom is 0.0870 e. The predicted octanol–water partition coefficient (Wildman–Crippen LogP) is 1.31. The van der Waals surface area contributed by atoms with Crippen LogP contribution in [0.3, 0.4) is 0 Å². The van der Waals surface area contributed by atoms with Gasteiger partial charge in [-0.3, -0.25) is 4.90 Å². The highest BCUT2D eigenvalue weighted by molar-refractivity contribution is 4.86. The molecule has 14 heavy (non-hydrogen) atoms. The third-order valence-electron chi connectivity index (χ3n) is 3.07. The van der Waals surface area contributed by atoms with E-state index < -0.39 is 0 Å². The Hall–Kier alpha value is -0.590. The first kappa shape index (κ1) is 11.5. The van der Waals surface area contributed by atoms with Crippen LogP contribution in [0.2, 0.25) is 0 Å². The van der Waals surface area contributed by atoms with E-state index in [0.29, 0.717) is 18.6 Å². The van der Waals surface area contributed by atoms with Crippen LogP contribution in [0, 0.1) is 11.3 Å². The third kappa shape index (κ3) is 2.97. The highest BCUT2D eigenvalue weighted by Crippen LogP contribution is 2.17. The Labute approximate surface area is 87.3 Å². The Bertz CT molecular complexity index is 199. The lowest BCUT2D eigenvalue weighted by Crippen LogP contribution is -2.46. The molecule has 3 nitrogen and oxygen atoms in total. The molecule has 0 saturated carbocycles. The van der Waals surface area contributed by atoms with E-state index in [1.807, 2.05) is 0 Å². The molecule has 0 spiro atoms. The molecule has 80 valence electrons. The van der Waals surface area contributed by atoms with Crippen LogP contribution < -0.4 is 0 Å². The van der Waals surface area contributed by atoms with Crippen molar-refractivity contribution in [3.8, 4) is 6.07 Å². The molecular formula is C11H21N3. The molecule has 0 radical (unpaired) electrons. The van der Waals surface area contributed by atoms with Crippen molar-refractivity contribution in [2.45, 2.75) is 38.8 Å². The summed E-state index contributed by atoms with van der Waals surface area (Å²) >= 11 is 0. The van der Waals surface area contributed by atoms with E-state index >= 15 is 0 Å². The minimum atomic E-state index is 0.489. The lowest BCUT2D eigenvalue weighted by atomic mass is 10.0. The summed E-state index contributed by atoms with van der Waals surface area (Å²) in [5.41, 5.74) is 0. The smallest absolute Gasteiger partial charge is 0.0870 e. The fraction of sp³-hybridized carbons (Fsp3) is 0.909. The second-order valence-corrected chi connectivity index (χ2v) is 4.46. The summed E-state index contributed by atoms with van der Waals surface area (Å²) in [6.07, 6.45) is 2.41. The topological polar surface area (TPSA) is 30.3 Å². The van der Waals surface area contributed by atoms with Crippen LogP contribution >= 0.6 is 0 Å². The van der Waals surface area contributed by atoms with E-state index in [2.05, 4.69) is 36.8 Å². The van der Waals surface area contributed by atoms with Gasteiger partial charge in [-0.05, 0) is 46.8 Å². The van der Waals surface area contributed by atoms with E-state index in [1.165, 1.54) is 25.9 Å². The van der Waals surface area contributed by atoms with Gasteiger partial charge in [-0.2, -0.15) is 5.26 Å². The monoisotopic (exact) mass is 195 g/mol. The molecule has 0 unspecified atom stereocenters. The van der Waals surface area contributed by atoms with Crippen LogP contribution in [0.25, 0.3) is 0 Å². The lowest BCUT2D eigenvalue weighted by Gasteiger charge is -2.38. The van der Waals surface area contributed by atoms with Gasteiger partial charge in [0.1, 0.15) is 0 Å². The van der Waals surface area contributed by atoms with Gasteiger partial charge in [-0.25, -0.2) is 0 Å². The molecule has 1 fully saturated rings. The predicted molar refractivity (Wildman–Crippen MR) is 58.0 cm³/mol. The van der Waals surface area contributed by atoms with Gasteiger partial charge in [-0.15, -0.1) is 0 Å². The van der Waals surface area contributed by atoms with Crippen LogP contribution in [0.5, 0.6) is 0 Å². The van der Waals surface area contributed by atoms with Gasteiger partial charge in [0, 0.05) is 12.1 Å². The molecule has 0 amide bonds. The Balaban J connectivity index is 2.48. The normalized spacial score (nSPS) is 20.3. The van der Waals surface area contributed by atoms with Gasteiger partial charge in [0.2, 0.25) is 0 Å². The minimum absolute atomic E-state index is 0.489. The van der Waals surface area contributed by atoms with Crippen molar-refractivity contribution in [2.24, 2.45) is 0 Å². The molecule has 1 rings (SSSR count). The van der Waals surface area contributed by atoms with Crippen molar-refractivity contribution < 1.29 is 0 Å². The van der Waals surface area contributed by atoms with Gasteiger partial charge in [0.15, 0.2) is 0 Å². The standard InChI is InChI=1S/C11H21N3/c1-10(2)14(9-6-12)11-4-7-13(3)8-5-11/h10-11H,4-5,7-9H2,1-3H3. The summed E-state index contributed by atoms with van der Waals surface area (Å²) in [6, 6.07) is 3.38. The van der Waals surface area contributed by atoms with E-state index in [1.54, 1.807) is 0 Å². The molecule has 1 aliphatic rings. The van der Waals surface area contributed by atoms with Crippen molar-refractivity contribution in [1.82, 2.24) is 9.80 Å². The summed E-state index contributed by atoms with van der Waals surface area (Å²) in [6.45, 7) is 7.26. The highest BCUT2D eigenvalue weighted by Gasteiger charge is 2.24. The fourth-order valence-electron chi connectivity index (χ4n) is 2.14. The maximum atomic E-state index is 8.77. The second kappa shape index (κ2) is 5.33. The maximum absolute atomic E-state index is 8.77. The summed E-state index contributed by atoms with van der Waals surface area (Å²) in [7, 11) is 2.17. The molecule has 0 aromatic carbocycles. The average molecular weight is 195 g/mol. The number of hydrogen-bond donors (Lipinski definition) is 0. The molecule has 1 aliphatic heterocycles. The van der Waals surface area contributed by atoms with Crippen LogP contribution in [-0.2, 0) is 0 Å². The van der Waals surface area contributed by atoms with Crippen molar-refractivity contribution in [2.75, 3.05) is 26.7 Å². The molecule has 3 heteroatoms. The first-order valence-corrected chi connectivity index (χ1v) is 5.46. The Morgan fingerprint density at radius 3 is 2.43 bits per heavy atom. The van der Waals surface area contributed by atoms with Gasteiger partial charge in [0.25, 0.3) is 0 Å². The van der Waals surface area contributed by atoms with Crippen molar-refractivity contribution >= 4 is 0 Å². The zero-order valence-electron chi connectivity index (χ0n) is 9.53. The molecule has 0 bridgehead atoms. The third-order valence-corrected chi connectivity index (χ3v) is 3.07. The van der Waals surface area contributed by atoms with Crippen molar-refractivity contribution in [1.29, 1.82) is 5.26 Å². The minimum Gasteiger partial charge on any atom is -0.306 e. The van der Waals surface area contributed by atoms with E-state index in [9.17, 15) is 0 Å². The summed E-state index contributed by atoms with van der Waals surface area (Å²) < 4.78 is 0. The molecule has 0 aliphatic carbocycles. The molecule has 0 aromatic heterocycles. The number of piperidine rings is 1. The zero-order chi connectivity index (χ0) is 10.6. The number of nitriles is 1. The average Bonchev–Trinajstić information content (AvgIpc) is 2.15. The largest absolute Gasteiger partial charge is 0.306 e. The lowest BCUT2D eigenvalue weighted by molar-refractivity contribution is 0.107. The molecule has 1 saturated heterocycles. The molecule has 1 heterocycles. The van der Waals surface area contributed by atoms with Crippen LogP contribution in [0.1, 0.15) is 26.7 Å². The molecule has 0 atom stereocenters. The van der Waals surface area contributed by atoms with Crippen molar-refractivity contribution in [3.63, 3.8) is 0 Å². The second-order valence-electron chi connectivity index (χ2n) is 4.46. The molecule has 0 N–H and O–H groups in total. The first-order chi connectivity index (χ1) is 6.65. The highest BCUT2D eigenvalue weighted by atomic mass is 15.2. The number of nitrogens with zero attached hydrogens (tertiary/aromatic N) is 3. The Morgan fingerprint density at radius 2 is 2.00 bits per heavy atom. The van der Waals surface area contributed by atoms with E-state index in [4.69, 9.17) is 5.26 Å². The quantitative estimate of drug-likeness (QED) is 0.636. The van der Waals surface area contributed by atoms with Gasteiger partial charge < -0.3 is 4.90 Å². The zero-order valence-corrected chi connectivity index (χ0v) is 9.53. The SMILES string of the molecule is CC(C)N(CC#N)C1CCN(C)CC1. The number of hydrogen-bond acceptors (Lipinski definition) is 3. The number of likely N-dealkylation sites (tertiary alicyclic amines) is 1. The van der Waals surface area contributed by atoms with Gasteiger partial charge in [0.05, 0.1) is 12.6 Å².